The van der Waals surface area contributed by atoms with Crippen molar-refractivity contribution in [2.45, 2.75) is 33.1 Å². The second-order valence-electron chi connectivity index (χ2n) is 11.4. The molecule has 0 radical (unpaired) electrons. The predicted molar refractivity (Wildman–Crippen MR) is 175 cm³/mol. The van der Waals surface area contributed by atoms with E-state index in [9.17, 15) is 8.42 Å². The Kier molecular flexibility index (Phi) is 9.26. The lowest BCUT2D eigenvalue weighted by Gasteiger charge is -2.35. The zero-order valence-electron chi connectivity index (χ0n) is 26.6. The molecule has 0 saturated carbocycles. The van der Waals surface area contributed by atoms with Gasteiger partial charge in [0.15, 0.2) is 11.5 Å². The number of ether oxygens (including phenoxy) is 3. The number of likely N-dealkylation sites (N-methyl/N-ethyl adjacent to an activating group) is 1. The van der Waals surface area contributed by atoms with Gasteiger partial charge in [0.25, 0.3) is 0 Å². The number of sulfonamides is 1. The van der Waals surface area contributed by atoms with Crippen molar-refractivity contribution >= 4 is 44.5 Å². The maximum atomic E-state index is 12.7. The summed E-state index contributed by atoms with van der Waals surface area (Å²) in [6, 6.07) is 7.75. The molecule has 3 aromatic rings. The number of hydrogen-bond acceptors (Lipinski definition) is 11. The number of aromatic nitrogens is 2. The van der Waals surface area contributed by atoms with Gasteiger partial charge in [0.05, 0.1) is 24.7 Å². The maximum absolute atomic E-state index is 12.7. The first kappa shape index (κ1) is 31.5. The molecule has 44 heavy (non-hydrogen) atoms. The van der Waals surface area contributed by atoms with Gasteiger partial charge in [0.1, 0.15) is 30.5 Å². The maximum Gasteiger partial charge on any atom is 0.232 e. The highest BCUT2D eigenvalue weighted by Gasteiger charge is 2.27. The van der Waals surface area contributed by atoms with Gasteiger partial charge in [-0.1, -0.05) is 20.8 Å². The van der Waals surface area contributed by atoms with Gasteiger partial charge in [-0.05, 0) is 43.1 Å². The molecule has 2 aliphatic heterocycles. The van der Waals surface area contributed by atoms with Crippen molar-refractivity contribution in [2.75, 3.05) is 86.7 Å². The Morgan fingerprint density at radius 3 is 2.45 bits per heavy atom. The molecule has 0 atom stereocenters. The summed E-state index contributed by atoms with van der Waals surface area (Å²) in [6.07, 6.45) is 3.80. The highest BCUT2D eigenvalue weighted by atomic mass is 32.2. The topological polar surface area (TPSA) is 121 Å². The van der Waals surface area contributed by atoms with Crippen LogP contribution >= 0.6 is 0 Å². The molecule has 0 bridgehead atoms. The monoisotopic (exact) mass is 625 g/mol. The fourth-order valence-electron chi connectivity index (χ4n) is 5.41. The van der Waals surface area contributed by atoms with Crippen LogP contribution in [0.3, 0.4) is 0 Å². The number of anilines is 6. The van der Waals surface area contributed by atoms with Crippen LogP contribution in [0.5, 0.6) is 17.2 Å². The highest BCUT2D eigenvalue weighted by Crippen LogP contribution is 2.46. The van der Waals surface area contributed by atoms with Gasteiger partial charge in [-0.2, -0.15) is 4.98 Å². The minimum Gasteiger partial charge on any atom is -0.494 e. The molecule has 2 aliphatic rings. The van der Waals surface area contributed by atoms with Crippen LogP contribution in [0.25, 0.3) is 0 Å². The molecule has 13 heteroatoms. The van der Waals surface area contributed by atoms with Crippen molar-refractivity contribution in [1.29, 1.82) is 0 Å². The first-order valence-corrected chi connectivity index (χ1v) is 16.8. The summed E-state index contributed by atoms with van der Waals surface area (Å²) in [5.41, 5.74) is 4.88. The van der Waals surface area contributed by atoms with Crippen LogP contribution in [-0.4, -0.2) is 90.1 Å². The summed E-state index contributed by atoms with van der Waals surface area (Å²) in [7, 11) is 1.69. The van der Waals surface area contributed by atoms with E-state index in [0.717, 1.165) is 50.1 Å². The van der Waals surface area contributed by atoms with Crippen LogP contribution in [0.4, 0.5) is 34.5 Å². The molecular weight excluding hydrogens is 582 g/mol. The third-order valence-electron chi connectivity index (χ3n) is 8.06. The minimum atomic E-state index is -3.62. The summed E-state index contributed by atoms with van der Waals surface area (Å²) >= 11 is 0. The number of methoxy groups -OCH3 is 1. The van der Waals surface area contributed by atoms with E-state index in [1.54, 1.807) is 25.4 Å². The summed E-state index contributed by atoms with van der Waals surface area (Å²) in [6.45, 7) is 10.9. The van der Waals surface area contributed by atoms with Gasteiger partial charge in [0.2, 0.25) is 16.0 Å². The van der Waals surface area contributed by atoms with Crippen molar-refractivity contribution in [1.82, 2.24) is 14.9 Å². The Labute approximate surface area is 260 Å². The summed E-state index contributed by atoms with van der Waals surface area (Å²) < 4.78 is 44.0. The molecule has 0 aliphatic carbocycles. The third kappa shape index (κ3) is 6.58. The van der Waals surface area contributed by atoms with E-state index >= 15 is 0 Å². The van der Waals surface area contributed by atoms with E-state index in [-0.39, 0.29) is 5.92 Å². The molecule has 1 saturated heterocycles. The fourth-order valence-corrected chi connectivity index (χ4v) is 5.92. The highest BCUT2D eigenvalue weighted by molar-refractivity contribution is 7.92. The zero-order chi connectivity index (χ0) is 31.6. The average molecular weight is 626 g/mol. The van der Waals surface area contributed by atoms with Crippen molar-refractivity contribution < 1.29 is 22.6 Å². The van der Waals surface area contributed by atoms with Gasteiger partial charge in [-0.3, -0.25) is 4.31 Å². The zero-order valence-corrected chi connectivity index (χ0v) is 27.4. The molecule has 12 nitrogen and oxygen atoms in total. The van der Waals surface area contributed by atoms with E-state index in [1.807, 2.05) is 0 Å². The van der Waals surface area contributed by atoms with E-state index < -0.39 is 10.0 Å². The number of nitrogens with one attached hydrogen (secondary N) is 2. The normalized spacial score (nSPS) is 15.3. The van der Waals surface area contributed by atoms with Crippen LogP contribution in [-0.2, 0) is 16.4 Å². The lowest BCUT2D eigenvalue weighted by molar-refractivity contribution is 0.172. The lowest BCUT2D eigenvalue weighted by atomic mass is 10.1. The predicted octanol–water partition coefficient (Wildman–Crippen LogP) is 4.58. The third-order valence-corrected chi connectivity index (χ3v) is 9.24. The second-order valence-corrected chi connectivity index (χ2v) is 13.5. The largest absolute Gasteiger partial charge is 0.494 e. The first-order valence-electron chi connectivity index (χ1n) is 14.9. The standard InChI is InChI=1S/C31H43N7O5S/c1-8-21-17-24(27(41-6)18-25(21)38-13-11-36(4)12-14-38)34-31-32-19-22(20(2)3)30(35-31)33-23-9-10-26-29(43-16-15-42-26)28(23)37(5)44(7,39)40/h9-10,17-20H,8,11-16H2,1-7H3,(H2,32,33,34,35). The van der Waals surface area contributed by atoms with Gasteiger partial charge in [0, 0.05) is 56.7 Å². The van der Waals surface area contributed by atoms with Crippen LogP contribution in [0.1, 0.15) is 37.8 Å². The van der Waals surface area contributed by atoms with Crippen LogP contribution in [0.2, 0.25) is 0 Å². The molecule has 2 N–H and O–H groups in total. The Morgan fingerprint density at radius 1 is 1.07 bits per heavy atom. The fraction of sp³-hybridized carbons (Fsp3) is 0.484. The number of fused-ring (bicyclic) bond motifs is 1. The van der Waals surface area contributed by atoms with Crippen LogP contribution in [0, 0.1) is 0 Å². The van der Waals surface area contributed by atoms with Gasteiger partial charge < -0.3 is 34.6 Å². The van der Waals surface area contributed by atoms with Gasteiger partial charge in [-0.15, -0.1) is 0 Å². The number of rotatable bonds is 10. The summed E-state index contributed by atoms with van der Waals surface area (Å²) in [5.74, 6) is 2.56. The Bertz CT molecular complexity index is 1610. The molecule has 1 aromatic heterocycles. The number of hydrogen-bond donors (Lipinski definition) is 2. The Hall–Kier alpha value is -3.97. The van der Waals surface area contributed by atoms with E-state index in [2.05, 4.69) is 65.4 Å². The number of piperazine rings is 1. The van der Waals surface area contributed by atoms with Crippen molar-refractivity contribution in [2.24, 2.45) is 0 Å². The van der Waals surface area contributed by atoms with Gasteiger partial charge in [-0.25, -0.2) is 13.4 Å². The molecule has 0 unspecified atom stereocenters. The quantitative estimate of drug-likeness (QED) is 0.329. The van der Waals surface area contributed by atoms with Gasteiger partial charge >= 0.3 is 0 Å². The molecule has 1 fully saturated rings. The van der Waals surface area contributed by atoms with Crippen LogP contribution < -0.4 is 34.0 Å². The van der Waals surface area contributed by atoms with Crippen molar-refractivity contribution in [3.63, 3.8) is 0 Å². The SMILES string of the molecule is CCc1cc(Nc2ncc(C(C)C)c(Nc3ccc4c(c3N(C)S(C)(=O)=O)OCCO4)n2)c(OC)cc1N1CCN(C)CC1. The van der Waals surface area contributed by atoms with E-state index in [4.69, 9.17) is 19.2 Å². The number of benzene rings is 2. The minimum absolute atomic E-state index is 0.0870. The van der Waals surface area contributed by atoms with Crippen molar-refractivity contribution in [3.05, 3.63) is 41.6 Å². The molecule has 0 amide bonds. The molecule has 5 rings (SSSR count). The molecule has 238 valence electrons. The van der Waals surface area contributed by atoms with Crippen LogP contribution in [0.15, 0.2) is 30.5 Å². The van der Waals surface area contributed by atoms with E-state index in [1.165, 1.54) is 22.6 Å². The van der Waals surface area contributed by atoms with Crippen molar-refractivity contribution in [3.8, 4) is 17.2 Å². The molecular formula is C31H43N7O5S. The second kappa shape index (κ2) is 12.9. The number of nitrogens with zero attached hydrogens (tertiary/aromatic N) is 5. The Balaban J connectivity index is 1.52. The molecule has 2 aromatic carbocycles. The van der Waals surface area contributed by atoms with E-state index in [0.29, 0.717) is 53.6 Å². The number of aryl methyl sites for hydroxylation is 1. The summed E-state index contributed by atoms with van der Waals surface area (Å²) in [5, 5.41) is 6.76. The molecule has 3 heterocycles. The Morgan fingerprint density at radius 2 is 1.80 bits per heavy atom. The first-order chi connectivity index (χ1) is 21.0. The lowest BCUT2D eigenvalue weighted by Crippen LogP contribution is -2.44. The molecule has 0 spiro atoms. The summed E-state index contributed by atoms with van der Waals surface area (Å²) in [4.78, 5) is 14.3. The smallest absolute Gasteiger partial charge is 0.232 e. The average Bonchev–Trinajstić information content (AvgIpc) is 3.00.